The summed E-state index contributed by atoms with van der Waals surface area (Å²) in [6, 6.07) is 6.35. The maximum atomic E-state index is 13.2. The van der Waals surface area contributed by atoms with Gasteiger partial charge in [0.1, 0.15) is 0 Å². The molecule has 3 heterocycles. The van der Waals surface area contributed by atoms with E-state index >= 15 is 0 Å². The largest absolute Gasteiger partial charge is 0.355 e. The van der Waals surface area contributed by atoms with Gasteiger partial charge in [0.25, 0.3) is 0 Å². The highest BCUT2D eigenvalue weighted by molar-refractivity contribution is 5.90. The summed E-state index contributed by atoms with van der Waals surface area (Å²) in [5.41, 5.74) is 3.72. The fourth-order valence-corrected chi connectivity index (χ4v) is 5.20. The third-order valence-electron chi connectivity index (χ3n) is 6.64. The van der Waals surface area contributed by atoms with E-state index in [0.717, 1.165) is 38.9 Å². The number of benzene rings is 1. The number of hydrogen-bond donors (Lipinski definition) is 2. The highest BCUT2D eigenvalue weighted by Crippen LogP contribution is 2.35. The highest BCUT2D eigenvalue weighted by atomic mass is 16.2. The van der Waals surface area contributed by atoms with Gasteiger partial charge in [0.15, 0.2) is 0 Å². The number of allylic oxidation sites excluding steroid dienone is 1. The Balaban J connectivity index is 1.50. The predicted octanol–water partition coefficient (Wildman–Crippen LogP) is 3.56. The topological polar surface area (TPSA) is 66.4 Å². The summed E-state index contributed by atoms with van der Waals surface area (Å²) in [7, 11) is 0. The van der Waals surface area contributed by atoms with Crippen molar-refractivity contribution < 1.29 is 9.59 Å². The lowest BCUT2D eigenvalue weighted by atomic mass is 9.94. The quantitative estimate of drug-likeness (QED) is 0.467. The standard InChI is InChI=1S/C26H36N4O2/c1-4-12-30-17-19-16-22(26(32)27-11-7-14-29-13-6-10-24(29)31)28-21(15-18(2)3)20-8-5-9-23(30)25(19)20/h4-5,8-9,17-18,21-22,28H,1,6-7,10-16H2,2-3H3,(H,27,32). The number of likely N-dealkylation sites (tertiary alicyclic amines) is 1. The fourth-order valence-electron chi connectivity index (χ4n) is 5.20. The van der Waals surface area contributed by atoms with Crippen LogP contribution in [0.3, 0.4) is 0 Å². The summed E-state index contributed by atoms with van der Waals surface area (Å²) in [4.78, 5) is 26.9. The molecule has 2 aliphatic rings. The van der Waals surface area contributed by atoms with Crippen molar-refractivity contribution >= 4 is 22.7 Å². The van der Waals surface area contributed by atoms with Gasteiger partial charge < -0.3 is 14.8 Å². The molecular weight excluding hydrogens is 400 g/mol. The Kier molecular flexibility index (Phi) is 6.99. The lowest BCUT2D eigenvalue weighted by molar-refractivity contribution is -0.127. The van der Waals surface area contributed by atoms with E-state index in [4.69, 9.17) is 0 Å². The molecule has 1 aromatic carbocycles. The molecule has 0 bridgehead atoms. The van der Waals surface area contributed by atoms with Crippen LogP contribution in [0.1, 0.15) is 56.7 Å². The molecule has 172 valence electrons. The maximum absolute atomic E-state index is 13.2. The number of rotatable bonds is 9. The number of nitrogens with one attached hydrogen (secondary N) is 2. The van der Waals surface area contributed by atoms with E-state index in [-0.39, 0.29) is 23.9 Å². The monoisotopic (exact) mass is 436 g/mol. The summed E-state index contributed by atoms with van der Waals surface area (Å²) in [6.45, 7) is 11.3. The second-order valence-corrected chi connectivity index (χ2v) is 9.57. The maximum Gasteiger partial charge on any atom is 0.237 e. The van der Waals surface area contributed by atoms with Crippen molar-refractivity contribution in [3.8, 4) is 0 Å². The first-order valence-corrected chi connectivity index (χ1v) is 12.0. The van der Waals surface area contributed by atoms with Gasteiger partial charge in [-0.15, -0.1) is 6.58 Å². The van der Waals surface area contributed by atoms with Gasteiger partial charge in [0.2, 0.25) is 11.8 Å². The van der Waals surface area contributed by atoms with E-state index in [1.54, 1.807) is 0 Å². The molecular formula is C26H36N4O2. The van der Waals surface area contributed by atoms with Crippen LogP contribution in [-0.4, -0.2) is 47.0 Å². The Labute approximate surface area is 191 Å². The lowest BCUT2D eigenvalue weighted by Crippen LogP contribution is -2.47. The highest BCUT2D eigenvalue weighted by Gasteiger charge is 2.30. The van der Waals surface area contributed by atoms with Gasteiger partial charge in [-0.1, -0.05) is 32.1 Å². The van der Waals surface area contributed by atoms with Crippen LogP contribution >= 0.6 is 0 Å². The first kappa shape index (κ1) is 22.6. The van der Waals surface area contributed by atoms with Crippen LogP contribution in [0, 0.1) is 5.92 Å². The van der Waals surface area contributed by atoms with E-state index in [2.05, 4.69) is 60.0 Å². The summed E-state index contributed by atoms with van der Waals surface area (Å²) in [5.74, 6) is 0.800. The van der Waals surface area contributed by atoms with E-state index in [1.807, 2.05) is 11.0 Å². The number of hydrogen-bond acceptors (Lipinski definition) is 3. The first-order chi connectivity index (χ1) is 15.5. The van der Waals surface area contributed by atoms with Crippen LogP contribution in [0.15, 0.2) is 37.1 Å². The van der Waals surface area contributed by atoms with Crippen LogP contribution in [0.25, 0.3) is 10.9 Å². The van der Waals surface area contributed by atoms with Crippen LogP contribution in [0.2, 0.25) is 0 Å². The van der Waals surface area contributed by atoms with Crippen LogP contribution < -0.4 is 10.6 Å². The van der Waals surface area contributed by atoms with E-state index < -0.39 is 0 Å². The Morgan fingerprint density at radius 1 is 1.38 bits per heavy atom. The zero-order valence-electron chi connectivity index (χ0n) is 19.4. The molecule has 4 rings (SSSR count). The number of amides is 2. The van der Waals surface area contributed by atoms with Crippen molar-refractivity contribution in [1.82, 2.24) is 20.1 Å². The smallest absolute Gasteiger partial charge is 0.237 e. The molecule has 6 nitrogen and oxygen atoms in total. The molecule has 2 N–H and O–H groups in total. The Bertz CT molecular complexity index is 993. The van der Waals surface area contributed by atoms with E-state index in [0.29, 0.717) is 25.3 Å². The Morgan fingerprint density at radius 2 is 2.22 bits per heavy atom. The van der Waals surface area contributed by atoms with Crippen molar-refractivity contribution in [2.45, 2.75) is 64.6 Å². The molecule has 1 aromatic heterocycles. The lowest BCUT2D eigenvalue weighted by Gasteiger charge is -2.25. The third-order valence-corrected chi connectivity index (χ3v) is 6.64. The first-order valence-electron chi connectivity index (χ1n) is 12.0. The predicted molar refractivity (Wildman–Crippen MR) is 128 cm³/mol. The summed E-state index contributed by atoms with van der Waals surface area (Å²) >= 11 is 0. The minimum atomic E-state index is -0.276. The van der Waals surface area contributed by atoms with Gasteiger partial charge in [-0.2, -0.15) is 0 Å². The van der Waals surface area contributed by atoms with Gasteiger partial charge >= 0.3 is 0 Å². The average Bonchev–Trinajstić information content (AvgIpc) is 3.28. The molecule has 2 unspecified atom stereocenters. The molecule has 1 saturated heterocycles. The minimum Gasteiger partial charge on any atom is -0.355 e. The molecule has 2 aliphatic heterocycles. The molecule has 2 amide bonds. The van der Waals surface area contributed by atoms with Crippen LogP contribution in [0.5, 0.6) is 0 Å². The fraction of sp³-hybridized carbons (Fsp3) is 0.538. The Morgan fingerprint density at radius 3 is 2.94 bits per heavy atom. The molecule has 6 heteroatoms. The molecule has 32 heavy (non-hydrogen) atoms. The molecule has 2 aromatic rings. The minimum absolute atomic E-state index is 0.0453. The molecule has 0 aliphatic carbocycles. The zero-order chi connectivity index (χ0) is 22.7. The molecule has 0 spiro atoms. The van der Waals surface area contributed by atoms with Crippen molar-refractivity contribution in [2.24, 2.45) is 5.92 Å². The number of carbonyl (C=O) groups is 2. The second-order valence-electron chi connectivity index (χ2n) is 9.57. The summed E-state index contributed by atoms with van der Waals surface area (Å²) in [5, 5.41) is 8.08. The summed E-state index contributed by atoms with van der Waals surface area (Å²) in [6.07, 6.45) is 8.16. The number of aromatic nitrogens is 1. The van der Waals surface area contributed by atoms with Crippen molar-refractivity contribution in [2.75, 3.05) is 19.6 Å². The van der Waals surface area contributed by atoms with Crippen molar-refractivity contribution in [3.63, 3.8) is 0 Å². The van der Waals surface area contributed by atoms with Crippen molar-refractivity contribution in [1.29, 1.82) is 0 Å². The third kappa shape index (κ3) is 4.75. The molecule has 0 radical (unpaired) electrons. The van der Waals surface area contributed by atoms with Crippen LogP contribution in [0.4, 0.5) is 0 Å². The van der Waals surface area contributed by atoms with Gasteiger partial charge in [0.05, 0.1) is 6.04 Å². The van der Waals surface area contributed by atoms with E-state index in [9.17, 15) is 9.59 Å². The molecule has 1 fully saturated rings. The van der Waals surface area contributed by atoms with Crippen LogP contribution in [-0.2, 0) is 22.6 Å². The molecule has 0 saturated carbocycles. The average molecular weight is 437 g/mol. The number of carbonyl (C=O) groups excluding carboxylic acids is 2. The van der Waals surface area contributed by atoms with Gasteiger partial charge in [-0.25, -0.2) is 0 Å². The van der Waals surface area contributed by atoms with Gasteiger partial charge in [-0.05, 0) is 48.8 Å². The van der Waals surface area contributed by atoms with Crippen molar-refractivity contribution in [3.05, 3.63) is 48.2 Å². The van der Waals surface area contributed by atoms with Gasteiger partial charge in [0, 0.05) is 55.7 Å². The summed E-state index contributed by atoms with van der Waals surface area (Å²) < 4.78 is 2.24. The zero-order valence-corrected chi connectivity index (χ0v) is 19.4. The second kappa shape index (κ2) is 9.90. The molecule has 2 atom stereocenters. The SMILES string of the molecule is C=CCn1cc2c3c(cccc31)C(CC(C)C)NC(C(=O)NCCCN1CCCC1=O)C2. The number of nitrogens with zero attached hydrogens (tertiary/aromatic N) is 2. The normalized spacial score (nSPS) is 20.7. The van der Waals surface area contributed by atoms with E-state index in [1.165, 1.54) is 22.0 Å². The Hall–Kier alpha value is -2.60. The van der Waals surface area contributed by atoms with Gasteiger partial charge in [-0.3, -0.25) is 14.9 Å².